The Hall–Kier alpha value is -2.58. The van der Waals surface area contributed by atoms with Crippen molar-refractivity contribution in [3.63, 3.8) is 0 Å². The molecular formula is C19H26F3N5O. The molecule has 154 valence electrons. The zero-order valence-corrected chi connectivity index (χ0v) is 16.5. The number of rotatable bonds is 8. The minimum atomic E-state index is -4.40. The minimum Gasteiger partial charge on any atom is -0.368 e. The number of alkyl halides is 3. The summed E-state index contributed by atoms with van der Waals surface area (Å²) >= 11 is 0. The van der Waals surface area contributed by atoms with Gasteiger partial charge in [0.25, 0.3) is 0 Å². The number of nitrogens with zero attached hydrogens (tertiary/aromatic N) is 3. The van der Waals surface area contributed by atoms with Gasteiger partial charge in [0.1, 0.15) is 5.82 Å². The molecule has 0 atom stereocenters. The highest BCUT2D eigenvalue weighted by atomic mass is 19.4. The van der Waals surface area contributed by atoms with E-state index in [-0.39, 0.29) is 12.3 Å². The van der Waals surface area contributed by atoms with Crippen LogP contribution in [0.1, 0.15) is 36.4 Å². The fraction of sp³-hybridized carbons (Fsp3) is 0.526. The lowest BCUT2D eigenvalue weighted by Crippen LogP contribution is -2.30. The number of carbonyl (C=O) groups is 1. The first-order chi connectivity index (χ1) is 13.1. The molecule has 0 aliphatic rings. The first kappa shape index (κ1) is 21.7. The molecule has 2 heterocycles. The van der Waals surface area contributed by atoms with Crippen LogP contribution < -0.4 is 10.6 Å². The number of hydrogen-bond acceptors (Lipinski definition) is 4. The van der Waals surface area contributed by atoms with Crippen LogP contribution in [0.5, 0.6) is 0 Å². The monoisotopic (exact) mass is 397 g/mol. The van der Waals surface area contributed by atoms with Gasteiger partial charge in [0.15, 0.2) is 0 Å². The molecule has 2 rings (SSSR count). The second-order valence-electron chi connectivity index (χ2n) is 7.11. The quantitative estimate of drug-likeness (QED) is 0.670. The number of aromatic nitrogens is 3. The molecule has 0 radical (unpaired) electrons. The summed E-state index contributed by atoms with van der Waals surface area (Å²) < 4.78 is 39.4. The van der Waals surface area contributed by atoms with Gasteiger partial charge < -0.3 is 10.6 Å². The molecule has 0 saturated carbocycles. The summed E-state index contributed by atoms with van der Waals surface area (Å²) in [4.78, 5) is 15.9. The Kier molecular flexibility index (Phi) is 7.04. The van der Waals surface area contributed by atoms with E-state index in [1.807, 2.05) is 18.5 Å². The molecule has 0 aliphatic carbocycles. The second-order valence-corrected chi connectivity index (χ2v) is 7.11. The van der Waals surface area contributed by atoms with Crippen LogP contribution in [0.25, 0.3) is 0 Å². The Morgan fingerprint density at radius 3 is 2.50 bits per heavy atom. The number of hydrogen-bond donors (Lipinski definition) is 2. The van der Waals surface area contributed by atoms with Gasteiger partial charge in [-0.25, -0.2) is 4.98 Å². The lowest BCUT2D eigenvalue weighted by Gasteiger charge is -2.10. The maximum Gasteiger partial charge on any atom is 0.417 e. The van der Waals surface area contributed by atoms with E-state index < -0.39 is 11.7 Å². The minimum absolute atomic E-state index is 0.127. The highest BCUT2D eigenvalue weighted by Gasteiger charge is 2.30. The largest absolute Gasteiger partial charge is 0.417 e. The van der Waals surface area contributed by atoms with Crippen LogP contribution in [-0.2, 0) is 23.9 Å². The van der Waals surface area contributed by atoms with E-state index in [1.165, 1.54) is 6.07 Å². The van der Waals surface area contributed by atoms with E-state index in [1.54, 1.807) is 0 Å². The molecule has 2 aromatic rings. The molecule has 0 unspecified atom stereocenters. The van der Waals surface area contributed by atoms with Crippen molar-refractivity contribution >= 4 is 11.7 Å². The van der Waals surface area contributed by atoms with Gasteiger partial charge in [-0.3, -0.25) is 9.48 Å². The normalized spacial score (nSPS) is 11.7. The van der Waals surface area contributed by atoms with Gasteiger partial charge in [-0.05, 0) is 31.9 Å². The predicted molar refractivity (Wildman–Crippen MR) is 101 cm³/mol. The lowest BCUT2D eigenvalue weighted by atomic mass is 10.1. The fourth-order valence-corrected chi connectivity index (χ4v) is 2.80. The van der Waals surface area contributed by atoms with E-state index in [9.17, 15) is 18.0 Å². The SMILES string of the molecule is Cc1nn(CC(C)C)c(C)c1CC(=O)NCCNc1ccc(C(F)(F)F)cn1. The standard InChI is InChI=1S/C19H26F3N5O/c1-12(2)11-27-14(4)16(13(3)26-27)9-18(28)24-8-7-23-17-6-5-15(10-25-17)19(20,21)22/h5-6,10,12H,7-9,11H2,1-4H3,(H,23,25)(H,24,28). The Balaban J connectivity index is 1.80. The molecule has 1 amide bonds. The van der Waals surface area contributed by atoms with Gasteiger partial charge in [0, 0.05) is 37.1 Å². The molecule has 6 nitrogen and oxygen atoms in total. The van der Waals surface area contributed by atoms with Gasteiger partial charge in [0.2, 0.25) is 5.91 Å². The van der Waals surface area contributed by atoms with Crippen molar-refractivity contribution in [3.05, 3.63) is 40.8 Å². The summed E-state index contributed by atoms with van der Waals surface area (Å²) in [6.45, 7) is 9.57. The number of aryl methyl sites for hydroxylation is 1. The summed E-state index contributed by atoms with van der Waals surface area (Å²) in [6.07, 6.45) is -3.38. The molecule has 0 spiro atoms. The van der Waals surface area contributed by atoms with Crippen molar-refractivity contribution in [2.45, 2.75) is 46.8 Å². The van der Waals surface area contributed by atoms with Crippen LogP contribution in [0, 0.1) is 19.8 Å². The van der Waals surface area contributed by atoms with E-state index in [2.05, 4.69) is 34.6 Å². The second kappa shape index (κ2) is 9.07. The van der Waals surface area contributed by atoms with Crippen molar-refractivity contribution in [1.29, 1.82) is 0 Å². The molecule has 0 aromatic carbocycles. The number of nitrogens with one attached hydrogen (secondary N) is 2. The number of carbonyl (C=O) groups excluding carboxylic acids is 1. The first-order valence-corrected chi connectivity index (χ1v) is 9.14. The molecule has 28 heavy (non-hydrogen) atoms. The summed E-state index contributed by atoms with van der Waals surface area (Å²) in [7, 11) is 0. The van der Waals surface area contributed by atoms with Crippen LogP contribution in [0.4, 0.5) is 19.0 Å². The Labute approximate surface area is 162 Å². The Bertz CT molecular complexity index is 797. The van der Waals surface area contributed by atoms with E-state index >= 15 is 0 Å². The van der Waals surface area contributed by atoms with Gasteiger partial charge >= 0.3 is 6.18 Å². The average molecular weight is 397 g/mol. The molecular weight excluding hydrogens is 371 g/mol. The van der Waals surface area contributed by atoms with Crippen LogP contribution >= 0.6 is 0 Å². The van der Waals surface area contributed by atoms with Crippen LogP contribution in [-0.4, -0.2) is 33.8 Å². The highest BCUT2D eigenvalue weighted by Crippen LogP contribution is 2.28. The third-order valence-corrected chi connectivity index (χ3v) is 4.25. The fourth-order valence-electron chi connectivity index (χ4n) is 2.80. The van der Waals surface area contributed by atoms with Gasteiger partial charge in [-0.2, -0.15) is 18.3 Å². The summed E-state index contributed by atoms with van der Waals surface area (Å²) in [5, 5.41) is 10.2. The van der Waals surface area contributed by atoms with E-state index in [0.29, 0.717) is 24.8 Å². The van der Waals surface area contributed by atoms with Gasteiger partial charge in [-0.15, -0.1) is 0 Å². The molecule has 0 bridgehead atoms. The highest BCUT2D eigenvalue weighted by molar-refractivity contribution is 5.79. The third-order valence-electron chi connectivity index (χ3n) is 4.25. The van der Waals surface area contributed by atoms with Crippen LogP contribution in [0.2, 0.25) is 0 Å². The molecule has 9 heteroatoms. The Morgan fingerprint density at radius 1 is 1.21 bits per heavy atom. The number of pyridine rings is 1. The predicted octanol–water partition coefficient (Wildman–Crippen LogP) is 3.34. The van der Waals surface area contributed by atoms with Crippen molar-refractivity contribution in [1.82, 2.24) is 20.1 Å². The smallest absolute Gasteiger partial charge is 0.368 e. The number of anilines is 1. The Morgan fingerprint density at radius 2 is 1.93 bits per heavy atom. The zero-order chi connectivity index (χ0) is 20.9. The molecule has 2 N–H and O–H groups in total. The zero-order valence-electron chi connectivity index (χ0n) is 16.5. The van der Waals surface area contributed by atoms with E-state index in [4.69, 9.17) is 0 Å². The topological polar surface area (TPSA) is 71.8 Å². The first-order valence-electron chi connectivity index (χ1n) is 9.14. The van der Waals surface area contributed by atoms with Crippen molar-refractivity contribution < 1.29 is 18.0 Å². The van der Waals surface area contributed by atoms with Crippen LogP contribution in [0.15, 0.2) is 18.3 Å². The third kappa shape index (κ3) is 5.97. The van der Waals surface area contributed by atoms with Gasteiger partial charge in [-0.1, -0.05) is 13.8 Å². The lowest BCUT2D eigenvalue weighted by molar-refractivity contribution is -0.137. The summed E-state index contributed by atoms with van der Waals surface area (Å²) in [5.41, 5.74) is 1.97. The summed E-state index contributed by atoms with van der Waals surface area (Å²) in [5.74, 6) is 0.658. The number of amides is 1. The number of halogens is 3. The van der Waals surface area contributed by atoms with Gasteiger partial charge in [0.05, 0.1) is 17.7 Å². The maximum atomic E-state index is 12.5. The van der Waals surface area contributed by atoms with Crippen LogP contribution in [0.3, 0.4) is 0 Å². The molecule has 2 aromatic heterocycles. The molecule has 0 aliphatic heterocycles. The summed E-state index contributed by atoms with van der Waals surface area (Å²) in [6, 6.07) is 2.23. The van der Waals surface area contributed by atoms with Crippen molar-refractivity contribution in [2.75, 3.05) is 18.4 Å². The van der Waals surface area contributed by atoms with Crippen molar-refractivity contribution in [2.24, 2.45) is 5.92 Å². The van der Waals surface area contributed by atoms with E-state index in [0.717, 1.165) is 35.8 Å². The maximum absolute atomic E-state index is 12.5. The average Bonchev–Trinajstić information content (AvgIpc) is 2.85. The molecule has 0 saturated heterocycles. The van der Waals surface area contributed by atoms with Crippen molar-refractivity contribution in [3.8, 4) is 0 Å². The molecule has 0 fully saturated rings.